The van der Waals surface area contributed by atoms with Crippen LogP contribution in [0.25, 0.3) is 0 Å². The number of nitrogens with zero attached hydrogens (tertiary/aromatic N) is 1. The molecule has 1 aromatic carbocycles. The SMILES string of the molecule is Cc1csc(S[C@@H](C)C(=O)NCc2ccccc2)n1. The maximum Gasteiger partial charge on any atom is 0.233 e. The van der Waals surface area contributed by atoms with Crippen molar-refractivity contribution in [2.45, 2.75) is 30.0 Å². The van der Waals surface area contributed by atoms with E-state index in [0.29, 0.717) is 6.54 Å². The lowest BCUT2D eigenvalue weighted by atomic mass is 10.2. The molecular weight excluding hydrogens is 276 g/mol. The molecule has 1 amide bonds. The summed E-state index contributed by atoms with van der Waals surface area (Å²) in [7, 11) is 0. The Morgan fingerprint density at radius 2 is 2.16 bits per heavy atom. The third-order valence-electron chi connectivity index (χ3n) is 2.55. The number of hydrogen-bond donors (Lipinski definition) is 1. The molecule has 1 N–H and O–H groups in total. The standard InChI is InChI=1S/C14H16N2OS2/c1-10-9-18-14(16-10)19-11(2)13(17)15-8-12-6-4-3-5-7-12/h3-7,9,11H,8H2,1-2H3,(H,15,17)/t11-/m0/s1. The lowest BCUT2D eigenvalue weighted by molar-refractivity contribution is -0.120. The van der Waals surface area contributed by atoms with Crippen molar-refractivity contribution < 1.29 is 4.79 Å². The number of thioether (sulfide) groups is 1. The molecule has 5 heteroatoms. The number of rotatable bonds is 5. The van der Waals surface area contributed by atoms with E-state index in [-0.39, 0.29) is 11.2 Å². The number of benzene rings is 1. The second kappa shape index (κ2) is 6.73. The monoisotopic (exact) mass is 292 g/mol. The van der Waals surface area contributed by atoms with E-state index in [1.165, 1.54) is 11.8 Å². The molecular formula is C14H16N2OS2. The molecule has 0 bridgehead atoms. The third-order valence-corrected chi connectivity index (χ3v) is 4.74. The normalized spacial score (nSPS) is 12.1. The molecule has 0 spiro atoms. The van der Waals surface area contributed by atoms with E-state index in [9.17, 15) is 4.79 Å². The van der Waals surface area contributed by atoms with Crippen molar-refractivity contribution in [1.82, 2.24) is 10.3 Å². The van der Waals surface area contributed by atoms with E-state index >= 15 is 0 Å². The predicted molar refractivity (Wildman–Crippen MR) is 80.5 cm³/mol. The number of carbonyl (C=O) groups excluding carboxylic acids is 1. The lowest BCUT2D eigenvalue weighted by Gasteiger charge is -2.10. The fraction of sp³-hybridized carbons (Fsp3) is 0.286. The summed E-state index contributed by atoms with van der Waals surface area (Å²) in [6.07, 6.45) is 0. The highest BCUT2D eigenvalue weighted by molar-refractivity contribution is 8.02. The summed E-state index contributed by atoms with van der Waals surface area (Å²) in [5.74, 6) is 0.0432. The molecule has 0 saturated carbocycles. The van der Waals surface area contributed by atoms with Crippen molar-refractivity contribution in [3.63, 3.8) is 0 Å². The Hall–Kier alpha value is -1.33. The minimum Gasteiger partial charge on any atom is -0.351 e. The highest BCUT2D eigenvalue weighted by atomic mass is 32.2. The average Bonchev–Trinajstić information content (AvgIpc) is 2.82. The summed E-state index contributed by atoms with van der Waals surface area (Å²) in [4.78, 5) is 16.3. The first-order valence-electron chi connectivity index (χ1n) is 6.05. The quantitative estimate of drug-likeness (QED) is 0.860. The Kier molecular flexibility index (Phi) is 4.99. The van der Waals surface area contributed by atoms with Crippen molar-refractivity contribution in [3.8, 4) is 0 Å². The molecule has 0 saturated heterocycles. The summed E-state index contributed by atoms with van der Waals surface area (Å²) < 4.78 is 0.944. The van der Waals surface area contributed by atoms with Gasteiger partial charge in [-0.15, -0.1) is 11.3 Å². The van der Waals surface area contributed by atoms with Gasteiger partial charge in [0.15, 0.2) is 4.34 Å². The van der Waals surface area contributed by atoms with Crippen LogP contribution < -0.4 is 5.32 Å². The van der Waals surface area contributed by atoms with E-state index in [2.05, 4.69) is 10.3 Å². The molecule has 2 rings (SSSR count). The summed E-state index contributed by atoms with van der Waals surface area (Å²) in [6, 6.07) is 9.91. The topological polar surface area (TPSA) is 42.0 Å². The summed E-state index contributed by atoms with van der Waals surface area (Å²) >= 11 is 3.08. The number of aromatic nitrogens is 1. The fourth-order valence-electron chi connectivity index (χ4n) is 1.52. The molecule has 0 radical (unpaired) electrons. The highest BCUT2D eigenvalue weighted by Gasteiger charge is 2.15. The van der Waals surface area contributed by atoms with Gasteiger partial charge in [0.1, 0.15) is 0 Å². The molecule has 2 aromatic rings. The molecule has 0 aliphatic heterocycles. The minimum atomic E-state index is -0.130. The molecule has 0 aliphatic rings. The van der Waals surface area contributed by atoms with Gasteiger partial charge in [-0.05, 0) is 19.4 Å². The van der Waals surface area contributed by atoms with E-state index in [0.717, 1.165) is 15.6 Å². The molecule has 3 nitrogen and oxygen atoms in total. The zero-order chi connectivity index (χ0) is 13.7. The van der Waals surface area contributed by atoms with Crippen molar-refractivity contribution in [1.29, 1.82) is 0 Å². The Morgan fingerprint density at radius 1 is 1.42 bits per heavy atom. The van der Waals surface area contributed by atoms with Crippen LogP contribution >= 0.6 is 23.1 Å². The van der Waals surface area contributed by atoms with Crippen LogP contribution in [0.15, 0.2) is 40.1 Å². The summed E-state index contributed by atoms with van der Waals surface area (Å²) in [5, 5.41) is 4.81. The zero-order valence-corrected chi connectivity index (χ0v) is 12.6. The molecule has 1 atom stereocenters. The average molecular weight is 292 g/mol. The molecule has 1 aromatic heterocycles. The summed E-state index contributed by atoms with van der Waals surface area (Å²) in [6.45, 7) is 4.43. The second-order valence-electron chi connectivity index (χ2n) is 4.22. The number of amides is 1. The smallest absolute Gasteiger partial charge is 0.233 e. The molecule has 0 aliphatic carbocycles. The van der Waals surface area contributed by atoms with Crippen LogP contribution in [-0.4, -0.2) is 16.1 Å². The molecule has 0 fully saturated rings. The van der Waals surface area contributed by atoms with Gasteiger partial charge >= 0.3 is 0 Å². The van der Waals surface area contributed by atoms with Crippen LogP contribution in [0.4, 0.5) is 0 Å². The maximum atomic E-state index is 12.0. The van der Waals surface area contributed by atoms with Gasteiger partial charge in [-0.25, -0.2) is 4.98 Å². The third kappa shape index (κ3) is 4.36. The van der Waals surface area contributed by atoms with Gasteiger partial charge in [0, 0.05) is 17.6 Å². The Balaban J connectivity index is 1.82. The molecule has 19 heavy (non-hydrogen) atoms. The van der Waals surface area contributed by atoms with Crippen molar-refractivity contribution in [3.05, 3.63) is 47.0 Å². The van der Waals surface area contributed by atoms with Gasteiger partial charge in [-0.3, -0.25) is 4.79 Å². The number of thiazole rings is 1. The van der Waals surface area contributed by atoms with Crippen LogP contribution in [0.5, 0.6) is 0 Å². The van der Waals surface area contributed by atoms with Crippen molar-refractivity contribution >= 4 is 29.0 Å². The molecule has 100 valence electrons. The molecule has 0 unspecified atom stereocenters. The predicted octanol–water partition coefficient (Wildman–Crippen LogP) is 3.25. The highest BCUT2D eigenvalue weighted by Crippen LogP contribution is 2.26. The van der Waals surface area contributed by atoms with Gasteiger partial charge in [-0.1, -0.05) is 42.1 Å². The lowest BCUT2D eigenvalue weighted by Crippen LogP contribution is -2.30. The number of nitrogens with one attached hydrogen (secondary N) is 1. The van der Waals surface area contributed by atoms with Gasteiger partial charge < -0.3 is 5.32 Å². The number of aryl methyl sites for hydroxylation is 1. The minimum absolute atomic E-state index is 0.0432. The molecule has 1 heterocycles. The van der Waals surface area contributed by atoms with Gasteiger partial charge in [0.2, 0.25) is 5.91 Å². The number of carbonyl (C=O) groups is 1. The van der Waals surface area contributed by atoms with Crippen LogP contribution in [0.3, 0.4) is 0 Å². The van der Waals surface area contributed by atoms with Crippen LogP contribution in [0, 0.1) is 6.92 Å². The Bertz CT molecular complexity index is 539. The maximum absolute atomic E-state index is 12.0. The van der Waals surface area contributed by atoms with Crippen molar-refractivity contribution in [2.24, 2.45) is 0 Å². The van der Waals surface area contributed by atoms with Gasteiger partial charge in [0.05, 0.1) is 5.25 Å². The van der Waals surface area contributed by atoms with Crippen LogP contribution in [-0.2, 0) is 11.3 Å². The van der Waals surface area contributed by atoms with Crippen molar-refractivity contribution in [2.75, 3.05) is 0 Å². The van der Waals surface area contributed by atoms with Crippen LogP contribution in [0.2, 0.25) is 0 Å². The fourth-order valence-corrected chi connectivity index (χ4v) is 3.53. The Labute approximate surface area is 121 Å². The first kappa shape index (κ1) is 14.1. The first-order chi connectivity index (χ1) is 9.15. The van der Waals surface area contributed by atoms with Gasteiger partial charge in [-0.2, -0.15) is 0 Å². The largest absolute Gasteiger partial charge is 0.351 e. The van der Waals surface area contributed by atoms with E-state index < -0.39 is 0 Å². The van der Waals surface area contributed by atoms with E-state index in [4.69, 9.17) is 0 Å². The first-order valence-corrected chi connectivity index (χ1v) is 7.81. The van der Waals surface area contributed by atoms with E-state index in [1.807, 2.05) is 49.6 Å². The number of hydrogen-bond acceptors (Lipinski definition) is 4. The Morgan fingerprint density at radius 3 is 2.79 bits per heavy atom. The van der Waals surface area contributed by atoms with Crippen LogP contribution in [0.1, 0.15) is 18.2 Å². The zero-order valence-electron chi connectivity index (χ0n) is 10.9. The van der Waals surface area contributed by atoms with Gasteiger partial charge in [0.25, 0.3) is 0 Å². The second-order valence-corrected chi connectivity index (χ2v) is 6.66. The van der Waals surface area contributed by atoms with E-state index in [1.54, 1.807) is 11.3 Å². The summed E-state index contributed by atoms with van der Waals surface area (Å²) in [5.41, 5.74) is 2.11.